The number of rotatable bonds is 57. The molecule has 0 radical (unpaired) electrons. The predicted octanol–water partition coefficient (Wildman–Crippen LogP) is 17.4. The first-order chi connectivity index (χ1) is 37.8. The first-order valence-corrected chi connectivity index (χ1v) is 33.0. The number of allylic oxidation sites excluding steroid dienone is 9. The number of carbonyl (C=O) groups is 1. The monoisotopic (exact) mass is 1080 g/mol. The maximum atomic E-state index is 13.1. The van der Waals surface area contributed by atoms with Crippen molar-refractivity contribution >= 4 is 5.91 Å². The molecule has 0 aromatic carbocycles. The van der Waals surface area contributed by atoms with Gasteiger partial charge in [-0.2, -0.15) is 0 Å². The van der Waals surface area contributed by atoms with Crippen molar-refractivity contribution in [2.24, 2.45) is 0 Å². The molecule has 1 rings (SSSR count). The summed E-state index contributed by atoms with van der Waals surface area (Å²) in [7, 11) is 0. The van der Waals surface area contributed by atoms with Crippen LogP contribution < -0.4 is 5.32 Å². The fourth-order valence-corrected chi connectivity index (χ4v) is 10.4. The van der Waals surface area contributed by atoms with Crippen molar-refractivity contribution in [3.05, 3.63) is 60.8 Å². The molecular formula is C68H125NO8. The molecule has 1 saturated heterocycles. The van der Waals surface area contributed by atoms with Crippen molar-refractivity contribution in [1.29, 1.82) is 0 Å². The number of aliphatic hydroxyl groups is 5. The number of nitrogens with one attached hydrogen (secondary N) is 1. The van der Waals surface area contributed by atoms with Gasteiger partial charge >= 0.3 is 0 Å². The van der Waals surface area contributed by atoms with E-state index in [4.69, 9.17) is 9.47 Å². The summed E-state index contributed by atoms with van der Waals surface area (Å²) in [6, 6.07) is -0.820. The second-order valence-electron chi connectivity index (χ2n) is 22.9. The number of amides is 1. The van der Waals surface area contributed by atoms with Gasteiger partial charge in [-0.25, -0.2) is 0 Å². The summed E-state index contributed by atoms with van der Waals surface area (Å²) >= 11 is 0. The lowest BCUT2D eigenvalue weighted by atomic mass is 9.99. The average molecular weight is 1080 g/mol. The van der Waals surface area contributed by atoms with Crippen molar-refractivity contribution in [3.63, 3.8) is 0 Å². The van der Waals surface area contributed by atoms with E-state index >= 15 is 0 Å². The Morgan fingerprint density at radius 2 is 0.779 bits per heavy atom. The van der Waals surface area contributed by atoms with Crippen molar-refractivity contribution < 1.29 is 39.8 Å². The van der Waals surface area contributed by atoms with E-state index in [1.807, 2.05) is 6.08 Å². The molecule has 0 saturated carbocycles. The number of carbonyl (C=O) groups excluding carboxylic acids is 1. The lowest BCUT2D eigenvalue weighted by molar-refractivity contribution is -0.302. The van der Waals surface area contributed by atoms with E-state index in [1.54, 1.807) is 6.08 Å². The van der Waals surface area contributed by atoms with Crippen molar-refractivity contribution in [3.8, 4) is 0 Å². The molecule has 1 aliphatic heterocycles. The van der Waals surface area contributed by atoms with Crippen LogP contribution in [0.1, 0.15) is 309 Å². The topological polar surface area (TPSA) is 149 Å². The standard InChI is InChI=1S/C68H125NO8/c1-3-5-7-9-11-13-15-17-18-19-20-21-22-23-24-25-26-27-28-29-30-31-32-33-34-35-36-37-38-39-40-41-42-43-44-46-48-50-52-54-56-58-64(72)69-61(60-76-68-67(75)66(74)65(73)63(59-70)77-68)62(71)57-55-53-51-49-47-45-16-14-12-10-8-6-4-2/h15,17,19-20,22-23,47,49,55,57,61-63,65-68,70-71,73-75H,3-14,16,18,21,24-46,48,50-54,56,58-60H2,1-2H3,(H,69,72)/b17-15-,20-19-,23-22-,49-47+,57-55+. The summed E-state index contributed by atoms with van der Waals surface area (Å²) < 4.78 is 11.2. The molecule has 1 aliphatic rings. The minimum Gasteiger partial charge on any atom is -0.394 e. The fourth-order valence-electron chi connectivity index (χ4n) is 10.4. The summed E-state index contributed by atoms with van der Waals surface area (Å²) in [4.78, 5) is 13.1. The summed E-state index contributed by atoms with van der Waals surface area (Å²) in [6.45, 7) is 3.75. The SMILES string of the molecule is CCCCCCC/C=C\C/C=C\C/C=C\CCCCCCCCCCCCCCCCCCCCCCCCCCCCC(=O)NC(COC1OC(CO)C(O)C(O)C1O)C(O)/C=C/CC/C=C/CCCCCCCCC. The van der Waals surface area contributed by atoms with Crippen LogP contribution in [0.2, 0.25) is 0 Å². The highest BCUT2D eigenvalue weighted by Gasteiger charge is 2.44. The minimum atomic E-state index is -1.57. The summed E-state index contributed by atoms with van der Waals surface area (Å²) in [6.07, 6.45) is 72.0. The van der Waals surface area contributed by atoms with Crippen LogP contribution in [0.25, 0.3) is 0 Å². The fraction of sp³-hybridized carbons (Fsp3) is 0.838. The molecule has 0 aromatic rings. The van der Waals surface area contributed by atoms with Gasteiger partial charge in [0, 0.05) is 6.42 Å². The lowest BCUT2D eigenvalue weighted by Crippen LogP contribution is -2.60. The van der Waals surface area contributed by atoms with Crippen LogP contribution in [0.5, 0.6) is 0 Å². The molecule has 6 N–H and O–H groups in total. The minimum absolute atomic E-state index is 0.183. The third kappa shape index (κ3) is 46.2. The van der Waals surface area contributed by atoms with Gasteiger partial charge in [0.05, 0.1) is 25.4 Å². The molecule has 1 amide bonds. The molecule has 1 fully saturated rings. The largest absolute Gasteiger partial charge is 0.394 e. The van der Waals surface area contributed by atoms with Gasteiger partial charge in [-0.3, -0.25) is 4.79 Å². The quantitative estimate of drug-likeness (QED) is 0.0261. The smallest absolute Gasteiger partial charge is 0.220 e. The zero-order chi connectivity index (χ0) is 55.8. The van der Waals surface area contributed by atoms with E-state index in [0.717, 1.165) is 51.4 Å². The molecule has 450 valence electrons. The van der Waals surface area contributed by atoms with Crippen LogP contribution in [0.15, 0.2) is 60.8 Å². The van der Waals surface area contributed by atoms with Gasteiger partial charge in [-0.15, -0.1) is 0 Å². The van der Waals surface area contributed by atoms with Gasteiger partial charge < -0.3 is 40.3 Å². The number of aliphatic hydroxyl groups excluding tert-OH is 5. The van der Waals surface area contributed by atoms with Crippen molar-refractivity contribution in [2.45, 2.75) is 352 Å². The molecule has 0 aliphatic carbocycles. The molecule has 9 nitrogen and oxygen atoms in total. The zero-order valence-electron chi connectivity index (χ0n) is 50.2. The molecule has 77 heavy (non-hydrogen) atoms. The number of hydrogen-bond acceptors (Lipinski definition) is 8. The lowest BCUT2D eigenvalue weighted by Gasteiger charge is -2.40. The van der Waals surface area contributed by atoms with E-state index < -0.39 is 49.5 Å². The molecular weight excluding hydrogens is 959 g/mol. The van der Waals surface area contributed by atoms with E-state index in [9.17, 15) is 30.3 Å². The summed E-state index contributed by atoms with van der Waals surface area (Å²) in [5.41, 5.74) is 0. The molecule has 9 heteroatoms. The summed E-state index contributed by atoms with van der Waals surface area (Å²) in [5.74, 6) is -0.183. The van der Waals surface area contributed by atoms with E-state index in [2.05, 4.69) is 67.8 Å². The predicted molar refractivity (Wildman–Crippen MR) is 327 cm³/mol. The van der Waals surface area contributed by atoms with Crippen LogP contribution in [-0.4, -0.2) is 87.5 Å². The van der Waals surface area contributed by atoms with Crippen LogP contribution in [0.4, 0.5) is 0 Å². The van der Waals surface area contributed by atoms with Crippen LogP contribution in [-0.2, 0) is 14.3 Å². The number of ether oxygens (including phenoxy) is 2. The van der Waals surface area contributed by atoms with E-state index in [-0.39, 0.29) is 12.5 Å². The van der Waals surface area contributed by atoms with Crippen LogP contribution in [0, 0.1) is 0 Å². The molecule has 7 unspecified atom stereocenters. The van der Waals surface area contributed by atoms with Gasteiger partial charge in [-0.1, -0.05) is 293 Å². The first kappa shape index (κ1) is 72.9. The van der Waals surface area contributed by atoms with Crippen molar-refractivity contribution in [1.82, 2.24) is 5.32 Å². The molecule has 1 heterocycles. The highest BCUT2D eigenvalue weighted by Crippen LogP contribution is 2.23. The molecule has 7 atom stereocenters. The van der Waals surface area contributed by atoms with Gasteiger partial charge in [0.1, 0.15) is 24.4 Å². The van der Waals surface area contributed by atoms with E-state index in [0.29, 0.717) is 6.42 Å². The summed E-state index contributed by atoms with van der Waals surface area (Å²) in [5, 5.41) is 54.4. The Bertz CT molecular complexity index is 1400. The van der Waals surface area contributed by atoms with Crippen molar-refractivity contribution in [2.75, 3.05) is 13.2 Å². The van der Waals surface area contributed by atoms with E-state index in [1.165, 1.54) is 238 Å². The molecule has 0 bridgehead atoms. The second-order valence-corrected chi connectivity index (χ2v) is 22.9. The Morgan fingerprint density at radius 3 is 1.18 bits per heavy atom. The Morgan fingerprint density at radius 1 is 0.442 bits per heavy atom. The van der Waals surface area contributed by atoms with Gasteiger partial charge in [0.2, 0.25) is 5.91 Å². The van der Waals surface area contributed by atoms with Gasteiger partial charge in [-0.05, 0) is 70.6 Å². The number of hydrogen-bond donors (Lipinski definition) is 6. The maximum Gasteiger partial charge on any atom is 0.220 e. The third-order valence-electron chi connectivity index (χ3n) is 15.6. The average Bonchev–Trinajstić information content (AvgIpc) is 3.43. The highest BCUT2D eigenvalue weighted by atomic mass is 16.7. The zero-order valence-corrected chi connectivity index (χ0v) is 50.2. The maximum absolute atomic E-state index is 13.1. The normalized spacial score (nSPS) is 19.1. The molecule has 0 spiro atoms. The Balaban J connectivity index is 2.02. The van der Waals surface area contributed by atoms with Crippen LogP contribution >= 0.6 is 0 Å². The third-order valence-corrected chi connectivity index (χ3v) is 15.6. The first-order valence-electron chi connectivity index (χ1n) is 33.0. The highest BCUT2D eigenvalue weighted by molar-refractivity contribution is 5.76. The molecule has 0 aromatic heterocycles. The Labute approximate surface area is 475 Å². The Kier molecular flexibility index (Phi) is 54.1. The van der Waals surface area contributed by atoms with Crippen LogP contribution in [0.3, 0.4) is 0 Å². The van der Waals surface area contributed by atoms with Gasteiger partial charge in [0.25, 0.3) is 0 Å². The van der Waals surface area contributed by atoms with Gasteiger partial charge in [0.15, 0.2) is 6.29 Å². The second kappa shape index (κ2) is 57.1. The number of unbranched alkanes of at least 4 members (excludes halogenated alkanes) is 39. The Hall–Kier alpha value is -2.11.